The highest BCUT2D eigenvalue weighted by Gasteiger charge is 2.10. The van der Waals surface area contributed by atoms with E-state index in [0.29, 0.717) is 0 Å². The molecule has 0 fully saturated rings. The SMILES string of the molecule is O=C(OCCO)OOC(=O)OCCO. The normalized spacial score (nSPS) is 9.00. The summed E-state index contributed by atoms with van der Waals surface area (Å²) in [6.07, 6.45) is -2.56. The first-order chi connectivity index (χ1) is 6.70. The van der Waals surface area contributed by atoms with Gasteiger partial charge in [-0.05, 0) is 0 Å². The lowest BCUT2D eigenvalue weighted by atomic mass is 10.8. The molecule has 0 aromatic rings. The van der Waals surface area contributed by atoms with Crippen molar-refractivity contribution in [1.82, 2.24) is 0 Å². The van der Waals surface area contributed by atoms with Gasteiger partial charge in [0, 0.05) is 0 Å². The number of carbonyl (C=O) groups excluding carboxylic acids is 2. The quantitative estimate of drug-likeness (QED) is 0.352. The summed E-state index contributed by atoms with van der Waals surface area (Å²) in [5.41, 5.74) is 0. The third-order valence-corrected chi connectivity index (χ3v) is 0.800. The second-order valence-electron chi connectivity index (χ2n) is 1.81. The summed E-state index contributed by atoms with van der Waals surface area (Å²) in [5, 5.41) is 16.4. The Morgan fingerprint density at radius 3 is 1.50 bits per heavy atom. The number of aliphatic hydroxyl groups is 2. The standard InChI is InChI=1S/C6H10O8/c7-1-3-11-5(9)13-14-6(10)12-4-2-8/h7-8H,1-4H2. The van der Waals surface area contributed by atoms with Crippen LogP contribution in [0.1, 0.15) is 0 Å². The van der Waals surface area contributed by atoms with E-state index >= 15 is 0 Å². The molecule has 8 nitrogen and oxygen atoms in total. The molecular formula is C6H10O8. The van der Waals surface area contributed by atoms with Gasteiger partial charge in [0.2, 0.25) is 0 Å². The van der Waals surface area contributed by atoms with Crippen molar-refractivity contribution >= 4 is 12.3 Å². The molecule has 0 aromatic heterocycles. The largest absolute Gasteiger partial charge is 0.550 e. The fourth-order valence-electron chi connectivity index (χ4n) is 0.374. The molecule has 0 spiro atoms. The molecule has 0 radical (unpaired) electrons. The highest BCUT2D eigenvalue weighted by Crippen LogP contribution is 1.90. The lowest BCUT2D eigenvalue weighted by molar-refractivity contribution is -0.218. The summed E-state index contributed by atoms with van der Waals surface area (Å²) < 4.78 is 8.31. The second-order valence-corrected chi connectivity index (χ2v) is 1.81. The first-order valence-electron chi connectivity index (χ1n) is 3.60. The third kappa shape index (κ3) is 7.13. The van der Waals surface area contributed by atoms with Gasteiger partial charge in [-0.15, -0.1) is 0 Å². The highest BCUT2D eigenvalue weighted by atomic mass is 17.3. The highest BCUT2D eigenvalue weighted by molar-refractivity contribution is 5.63. The van der Waals surface area contributed by atoms with Gasteiger partial charge < -0.3 is 19.7 Å². The first-order valence-corrected chi connectivity index (χ1v) is 3.60. The zero-order valence-corrected chi connectivity index (χ0v) is 7.17. The van der Waals surface area contributed by atoms with E-state index in [1.165, 1.54) is 0 Å². The zero-order chi connectivity index (χ0) is 10.8. The van der Waals surface area contributed by atoms with Crippen LogP contribution < -0.4 is 0 Å². The zero-order valence-electron chi connectivity index (χ0n) is 7.17. The minimum atomic E-state index is -1.28. The molecule has 0 bridgehead atoms. The van der Waals surface area contributed by atoms with Crippen LogP contribution in [-0.2, 0) is 19.2 Å². The Kier molecular flexibility index (Phi) is 7.19. The van der Waals surface area contributed by atoms with E-state index in [1.807, 2.05) is 0 Å². The van der Waals surface area contributed by atoms with Gasteiger partial charge in [-0.2, -0.15) is 19.4 Å². The molecule has 0 unspecified atom stereocenters. The van der Waals surface area contributed by atoms with Crippen molar-refractivity contribution in [1.29, 1.82) is 0 Å². The average Bonchev–Trinajstić information content (AvgIpc) is 2.20. The van der Waals surface area contributed by atoms with Crippen molar-refractivity contribution < 1.29 is 39.1 Å². The van der Waals surface area contributed by atoms with Crippen LogP contribution in [-0.4, -0.2) is 49.0 Å². The molecule has 0 amide bonds. The maximum atomic E-state index is 10.4. The number of hydrogen-bond acceptors (Lipinski definition) is 8. The second kappa shape index (κ2) is 8.08. The molecule has 0 aliphatic rings. The molecule has 0 heterocycles. The first kappa shape index (κ1) is 12.5. The van der Waals surface area contributed by atoms with Gasteiger partial charge in [-0.25, -0.2) is 0 Å². The van der Waals surface area contributed by atoms with Crippen LogP contribution in [0.3, 0.4) is 0 Å². The molecule has 0 saturated carbocycles. The Morgan fingerprint density at radius 1 is 0.857 bits per heavy atom. The summed E-state index contributed by atoms with van der Waals surface area (Å²) >= 11 is 0. The minimum absolute atomic E-state index is 0.270. The van der Waals surface area contributed by atoms with Gasteiger partial charge in [0.05, 0.1) is 13.2 Å². The van der Waals surface area contributed by atoms with Crippen LogP contribution in [0.5, 0.6) is 0 Å². The summed E-state index contributed by atoms with van der Waals surface area (Å²) in [4.78, 5) is 28.4. The van der Waals surface area contributed by atoms with Crippen LogP contribution in [0.4, 0.5) is 9.59 Å². The van der Waals surface area contributed by atoms with Crippen LogP contribution >= 0.6 is 0 Å². The fourth-order valence-corrected chi connectivity index (χ4v) is 0.374. The van der Waals surface area contributed by atoms with E-state index in [-0.39, 0.29) is 26.4 Å². The summed E-state index contributed by atoms with van der Waals surface area (Å²) in [5.74, 6) is 0. The monoisotopic (exact) mass is 210 g/mol. The Labute approximate surface area is 78.9 Å². The molecule has 82 valence electrons. The smallest absolute Gasteiger partial charge is 0.429 e. The van der Waals surface area contributed by atoms with Crippen molar-refractivity contribution in [3.8, 4) is 0 Å². The van der Waals surface area contributed by atoms with E-state index in [0.717, 1.165) is 0 Å². The van der Waals surface area contributed by atoms with Crippen LogP contribution in [0.15, 0.2) is 0 Å². The Balaban J connectivity index is 3.41. The topological polar surface area (TPSA) is 112 Å². The lowest BCUT2D eigenvalue weighted by Crippen LogP contribution is -2.16. The van der Waals surface area contributed by atoms with E-state index < -0.39 is 12.3 Å². The number of carbonyl (C=O) groups is 2. The van der Waals surface area contributed by atoms with Gasteiger partial charge in [-0.1, -0.05) is 0 Å². The Hall–Kier alpha value is -1.54. The molecule has 0 saturated heterocycles. The van der Waals surface area contributed by atoms with Crippen molar-refractivity contribution in [3.63, 3.8) is 0 Å². The molecular weight excluding hydrogens is 200 g/mol. The maximum absolute atomic E-state index is 10.4. The van der Waals surface area contributed by atoms with Crippen LogP contribution in [0.25, 0.3) is 0 Å². The van der Waals surface area contributed by atoms with Gasteiger partial charge >= 0.3 is 12.3 Å². The number of aliphatic hydroxyl groups excluding tert-OH is 2. The summed E-state index contributed by atoms with van der Waals surface area (Å²) in [7, 11) is 0. The Bertz CT molecular complexity index is 159. The maximum Gasteiger partial charge on any atom is 0.550 e. The lowest BCUT2D eigenvalue weighted by Gasteiger charge is -2.02. The minimum Gasteiger partial charge on any atom is -0.429 e. The molecule has 0 aromatic carbocycles. The van der Waals surface area contributed by atoms with Crippen molar-refractivity contribution in [2.24, 2.45) is 0 Å². The molecule has 8 heteroatoms. The van der Waals surface area contributed by atoms with E-state index in [4.69, 9.17) is 10.2 Å². The predicted molar refractivity (Wildman–Crippen MR) is 39.0 cm³/mol. The predicted octanol–water partition coefficient (Wildman–Crippen LogP) is -0.808. The van der Waals surface area contributed by atoms with Gasteiger partial charge in [0.15, 0.2) is 0 Å². The van der Waals surface area contributed by atoms with Gasteiger partial charge in [0.25, 0.3) is 0 Å². The molecule has 14 heavy (non-hydrogen) atoms. The molecule has 2 N–H and O–H groups in total. The fraction of sp³-hybridized carbons (Fsp3) is 0.667. The van der Waals surface area contributed by atoms with Crippen molar-refractivity contribution in [3.05, 3.63) is 0 Å². The van der Waals surface area contributed by atoms with E-state index in [2.05, 4.69) is 19.2 Å². The third-order valence-electron chi connectivity index (χ3n) is 0.800. The number of hydrogen-bond donors (Lipinski definition) is 2. The molecule has 0 aliphatic carbocycles. The summed E-state index contributed by atoms with van der Waals surface area (Å²) in [6, 6.07) is 0. The number of ether oxygens (including phenoxy) is 2. The van der Waals surface area contributed by atoms with Gasteiger partial charge in [0.1, 0.15) is 13.2 Å². The van der Waals surface area contributed by atoms with Gasteiger partial charge in [-0.3, -0.25) is 0 Å². The van der Waals surface area contributed by atoms with Crippen LogP contribution in [0.2, 0.25) is 0 Å². The Morgan fingerprint density at radius 2 is 1.21 bits per heavy atom. The molecule has 0 atom stereocenters. The summed E-state index contributed by atoms with van der Waals surface area (Å²) in [6.45, 7) is -1.28. The van der Waals surface area contributed by atoms with E-state index in [9.17, 15) is 9.59 Å². The van der Waals surface area contributed by atoms with Crippen molar-refractivity contribution in [2.45, 2.75) is 0 Å². The van der Waals surface area contributed by atoms with E-state index in [1.54, 1.807) is 0 Å². The average molecular weight is 210 g/mol. The number of rotatable bonds is 4. The molecule has 0 rings (SSSR count). The van der Waals surface area contributed by atoms with Crippen molar-refractivity contribution in [2.75, 3.05) is 26.4 Å². The van der Waals surface area contributed by atoms with Crippen LogP contribution in [0, 0.1) is 0 Å². The molecule has 0 aliphatic heterocycles.